The van der Waals surface area contributed by atoms with Crippen LogP contribution in [-0.4, -0.2) is 60.5 Å². The molecular formula is C46H48O7S2. The summed E-state index contributed by atoms with van der Waals surface area (Å²) in [6.45, 7) is 1.38. The molecule has 1 fully saturated rings. The maximum absolute atomic E-state index is 13.4. The molecule has 286 valence electrons. The van der Waals surface area contributed by atoms with Crippen molar-refractivity contribution in [2.24, 2.45) is 0 Å². The van der Waals surface area contributed by atoms with Gasteiger partial charge in [0.15, 0.2) is 0 Å². The van der Waals surface area contributed by atoms with Crippen LogP contribution in [0.15, 0.2) is 155 Å². The lowest BCUT2D eigenvalue weighted by Crippen LogP contribution is -2.67. The first-order valence-electron chi connectivity index (χ1n) is 18.7. The zero-order valence-corrected chi connectivity index (χ0v) is 32.7. The fraction of sp³-hybridized carbons (Fsp3) is 0.304. The first-order valence-corrected chi connectivity index (χ1v) is 20.7. The van der Waals surface area contributed by atoms with Crippen LogP contribution in [0.1, 0.15) is 27.8 Å². The SMILES string of the molecule is COc1ccc(CC2=C([C@]3(O)O[C@H](COCc4ccccc4)[C@@H](OCc4ccccc4)[C@H](OCc4ccccc4)[C@H]3OCc3ccccc3)SCCS2)cc1. The lowest BCUT2D eigenvalue weighted by Gasteiger charge is -2.51. The number of aliphatic hydroxyl groups is 1. The van der Waals surface area contributed by atoms with E-state index in [4.69, 9.17) is 28.4 Å². The molecule has 0 bridgehead atoms. The molecule has 0 aliphatic carbocycles. The van der Waals surface area contributed by atoms with Gasteiger partial charge >= 0.3 is 0 Å². The normalized spacial score (nSPS) is 22.7. The molecule has 7 rings (SSSR count). The third kappa shape index (κ3) is 10.5. The van der Waals surface area contributed by atoms with E-state index in [1.54, 1.807) is 30.6 Å². The molecular weight excluding hydrogens is 729 g/mol. The van der Waals surface area contributed by atoms with Gasteiger partial charge in [0.1, 0.15) is 30.2 Å². The fourth-order valence-corrected chi connectivity index (χ4v) is 9.47. The summed E-state index contributed by atoms with van der Waals surface area (Å²) >= 11 is 3.37. The molecule has 0 radical (unpaired) electrons. The zero-order valence-electron chi connectivity index (χ0n) is 31.0. The molecule has 0 saturated carbocycles. The number of thioether (sulfide) groups is 2. The molecule has 2 heterocycles. The topological polar surface area (TPSA) is 75.6 Å². The van der Waals surface area contributed by atoms with Crippen molar-refractivity contribution in [2.45, 2.75) is 63.1 Å². The number of benzene rings is 5. The highest BCUT2D eigenvalue weighted by Crippen LogP contribution is 2.49. The maximum Gasteiger partial charge on any atom is 0.229 e. The van der Waals surface area contributed by atoms with Gasteiger partial charge in [0, 0.05) is 22.8 Å². The van der Waals surface area contributed by atoms with Gasteiger partial charge in [0.2, 0.25) is 5.79 Å². The number of allylic oxidation sites excluding steroid dienone is 1. The van der Waals surface area contributed by atoms with Crippen molar-refractivity contribution < 1.29 is 33.5 Å². The van der Waals surface area contributed by atoms with Crippen molar-refractivity contribution in [3.8, 4) is 5.75 Å². The Morgan fingerprint density at radius 2 is 1.07 bits per heavy atom. The predicted octanol–water partition coefficient (Wildman–Crippen LogP) is 8.99. The molecule has 0 spiro atoms. The van der Waals surface area contributed by atoms with Gasteiger partial charge in [-0.1, -0.05) is 133 Å². The molecule has 2 aliphatic heterocycles. The fourth-order valence-electron chi connectivity index (χ4n) is 6.85. The number of hydrogen-bond acceptors (Lipinski definition) is 9. The Hall–Kier alpha value is -3.90. The van der Waals surface area contributed by atoms with Crippen LogP contribution < -0.4 is 4.74 Å². The highest BCUT2D eigenvalue weighted by molar-refractivity contribution is 8.10. The van der Waals surface area contributed by atoms with Gasteiger partial charge in [-0.3, -0.25) is 0 Å². The van der Waals surface area contributed by atoms with Gasteiger partial charge in [-0.15, -0.1) is 23.5 Å². The second-order valence-electron chi connectivity index (χ2n) is 13.6. The number of methoxy groups -OCH3 is 1. The molecule has 9 heteroatoms. The average molecular weight is 777 g/mol. The van der Waals surface area contributed by atoms with Crippen LogP contribution in [0.4, 0.5) is 0 Å². The Morgan fingerprint density at radius 3 is 1.62 bits per heavy atom. The van der Waals surface area contributed by atoms with E-state index in [2.05, 4.69) is 12.1 Å². The summed E-state index contributed by atoms with van der Waals surface area (Å²) < 4.78 is 39.5. The summed E-state index contributed by atoms with van der Waals surface area (Å²) in [6.07, 6.45) is -2.47. The van der Waals surface area contributed by atoms with Gasteiger partial charge in [-0.05, 0) is 39.9 Å². The van der Waals surface area contributed by atoms with Crippen LogP contribution in [0, 0.1) is 0 Å². The highest BCUT2D eigenvalue weighted by Gasteiger charge is 2.59. The molecule has 1 saturated heterocycles. The summed E-state index contributed by atoms with van der Waals surface area (Å²) in [7, 11) is 1.67. The van der Waals surface area contributed by atoms with Crippen molar-refractivity contribution in [1.82, 2.24) is 0 Å². The quantitative estimate of drug-likeness (QED) is 0.0997. The Balaban J connectivity index is 1.29. The molecule has 0 aromatic heterocycles. The van der Waals surface area contributed by atoms with Gasteiger partial charge in [-0.2, -0.15) is 0 Å². The number of hydrogen-bond donors (Lipinski definition) is 1. The van der Waals surface area contributed by atoms with Crippen LogP contribution in [-0.2, 0) is 56.5 Å². The molecule has 2 aliphatic rings. The van der Waals surface area contributed by atoms with Crippen LogP contribution in [0.5, 0.6) is 5.75 Å². The van der Waals surface area contributed by atoms with E-state index in [9.17, 15) is 5.11 Å². The van der Waals surface area contributed by atoms with Crippen LogP contribution >= 0.6 is 23.5 Å². The van der Waals surface area contributed by atoms with E-state index in [1.165, 1.54) is 0 Å². The molecule has 5 aromatic rings. The predicted molar refractivity (Wildman–Crippen MR) is 220 cm³/mol. The first-order chi connectivity index (χ1) is 27.1. The van der Waals surface area contributed by atoms with E-state index in [0.29, 0.717) is 19.6 Å². The van der Waals surface area contributed by atoms with Crippen molar-refractivity contribution in [3.63, 3.8) is 0 Å². The van der Waals surface area contributed by atoms with Crippen LogP contribution in [0.3, 0.4) is 0 Å². The minimum absolute atomic E-state index is 0.159. The maximum atomic E-state index is 13.4. The van der Waals surface area contributed by atoms with E-state index in [0.717, 1.165) is 54.9 Å². The average Bonchev–Trinajstić information content (AvgIpc) is 3.24. The largest absolute Gasteiger partial charge is 0.497 e. The van der Waals surface area contributed by atoms with Crippen LogP contribution in [0.25, 0.3) is 0 Å². The summed E-state index contributed by atoms with van der Waals surface area (Å²) in [6, 6.07) is 48.2. The summed E-state index contributed by atoms with van der Waals surface area (Å²) in [5.41, 5.74) is 5.13. The van der Waals surface area contributed by atoms with Gasteiger partial charge in [-0.25, -0.2) is 0 Å². The first kappa shape index (κ1) is 39.3. The van der Waals surface area contributed by atoms with Crippen LogP contribution in [0.2, 0.25) is 0 Å². The molecule has 7 nitrogen and oxygen atoms in total. The lowest BCUT2D eigenvalue weighted by molar-refractivity contribution is -0.353. The minimum Gasteiger partial charge on any atom is -0.497 e. The van der Waals surface area contributed by atoms with E-state index in [1.807, 2.05) is 133 Å². The molecule has 0 unspecified atom stereocenters. The smallest absolute Gasteiger partial charge is 0.229 e. The van der Waals surface area contributed by atoms with Crippen molar-refractivity contribution >= 4 is 23.5 Å². The standard InChI is InChI=1S/C46H48O7S2/c1-48-39-24-22-34(23-25-39)28-41-45(55-27-26-54-41)46(47)44(52-32-38-20-12-5-13-21-38)43(51-31-37-18-10-4-11-19-37)42(50-30-36-16-8-3-9-17-36)40(53-46)33-49-29-35-14-6-2-7-15-35/h2-25,40,42-44,47H,26-33H2,1H3/t40-,42-,43+,44-,46-/m1/s1. The molecule has 5 aromatic carbocycles. The summed E-state index contributed by atoms with van der Waals surface area (Å²) in [5.74, 6) is 0.627. The van der Waals surface area contributed by atoms with Crippen molar-refractivity contribution in [3.05, 3.63) is 183 Å². The second kappa shape index (κ2) is 19.8. The molecule has 5 atom stereocenters. The molecule has 1 N–H and O–H groups in total. The van der Waals surface area contributed by atoms with Crippen molar-refractivity contribution in [2.75, 3.05) is 25.2 Å². The third-order valence-corrected chi connectivity index (χ3v) is 12.4. The minimum atomic E-state index is -1.89. The Bertz CT molecular complexity index is 1910. The van der Waals surface area contributed by atoms with E-state index < -0.39 is 30.2 Å². The van der Waals surface area contributed by atoms with Gasteiger partial charge < -0.3 is 33.5 Å². The monoisotopic (exact) mass is 776 g/mol. The van der Waals surface area contributed by atoms with Gasteiger partial charge in [0.25, 0.3) is 0 Å². The number of rotatable bonds is 17. The molecule has 55 heavy (non-hydrogen) atoms. The van der Waals surface area contributed by atoms with E-state index >= 15 is 0 Å². The second-order valence-corrected chi connectivity index (χ2v) is 15.9. The number of ether oxygens (including phenoxy) is 6. The zero-order chi connectivity index (χ0) is 37.7. The Morgan fingerprint density at radius 1 is 0.582 bits per heavy atom. The van der Waals surface area contributed by atoms with E-state index in [-0.39, 0.29) is 19.8 Å². The summed E-state index contributed by atoms with van der Waals surface area (Å²) in [5, 5.41) is 13.4. The summed E-state index contributed by atoms with van der Waals surface area (Å²) in [4.78, 5) is 1.77. The molecule has 0 amide bonds. The lowest BCUT2D eigenvalue weighted by atomic mass is 9.90. The third-order valence-electron chi connectivity index (χ3n) is 9.65. The van der Waals surface area contributed by atoms with Gasteiger partial charge in [0.05, 0.1) is 45.0 Å². The Kier molecular flexibility index (Phi) is 14.2. The highest BCUT2D eigenvalue weighted by atomic mass is 32.2. The Labute approximate surface area is 333 Å². The van der Waals surface area contributed by atoms with Crippen molar-refractivity contribution in [1.29, 1.82) is 0 Å².